The quantitative estimate of drug-likeness (QED) is 0.633. The average Bonchev–Trinajstić information content (AvgIpc) is 2.40. The lowest BCUT2D eigenvalue weighted by atomic mass is 10.1. The van der Waals surface area contributed by atoms with E-state index < -0.39 is 0 Å². The molecule has 1 rings (SSSR count). The first-order valence-corrected chi connectivity index (χ1v) is 6.34. The number of urea groups is 1. The summed E-state index contributed by atoms with van der Waals surface area (Å²) in [5, 5.41) is 5.58. The van der Waals surface area contributed by atoms with Crippen LogP contribution in [0, 0.1) is 13.8 Å². The molecular formula is C14H22N4O. The first-order valence-electron chi connectivity index (χ1n) is 6.34. The van der Waals surface area contributed by atoms with Crippen LogP contribution in [0.5, 0.6) is 0 Å². The molecule has 0 spiro atoms. The van der Waals surface area contributed by atoms with Gasteiger partial charge in [-0.3, -0.25) is 15.2 Å². The van der Waals surface area contributed by atoms with Crippen molar-refractivity contribution in [3.8, 4) is 0 Å². The summed E-state index contributed by atoms with van der Waals surface area (Å²) in [5.41, 5.74) is 3.11. The number of aryl methyl sites for hydroxylation is 2. The molecule has 5 nitrogen and oxygen atoms in total. The van der Waals surface area contributed by atoms with E-state index in [2.05, 4.69) is 15.6 Å². The zero-order valence-electron chi connectivity index (χ0n) is 12.2. The van der Waals surface area contributed by atoms with Gasteiger partial charge in [-0.25, -0.2) is 4.79 Å². The summed E-state index contributed by atoms with van der Waals surface area (Å²) in [7, 11) is 3.35. The van der Waals surface area contributed by atoms with Gasteiger partial charge in [-0.2, -0.15) is 0 Å². The van der Waals surface area contributed by atoms with Crippen LogP contribution >= 0.6 is 0 Å². The minimum Gasteiger partial charge on any atom is -0.359 e. The number of carbonyl (C=O) groups excluding carboxylic acids is 1. The van der Waals surface area contributed by atoms with Crippen LogP contribution in [0.15, 0.2) is 23.2 Å². The van der Waals surface area contributed by atoms with Crippen LogP contribution in [0.1, 0.15) is 18.1 Å². The molecule has 2 N–H and O–H groups in total. The van der Waals surface area contributed by atoms with Crippen LogP contribution in [-0.4, -0.2) is 32.6 Å². The lowest BCUT2D eigenvalue weighted by Gasteiger charge is -2.25. The normalized spacial score (nSPS) is 11.1. The number of para-hydroxylation sites is 1. The minimum atomic E-state index is -0.185. The highest BCUT2D eigenvalue weighted by atomic mass is 16.2. The van der Waals surface area contributed by atoms with Gasteiger partial charge in [0.25, 0.3) is 0 Å². The minimum absolute atomic E-state index is 0.185. The van der Waals surface area contributed by atoms with Gasteiger partial charge in [-0.15, -0.1) is 0 Å². The van der Waals surface area contributed by atoms with Crippen molar-refractivity contribution in [1.29, 1.82) is 0 Å². The van der Waals surface area contributed by atoms with Crippen molar-refractivity contribution in [3.63, 3.8) is 0 Å². The Hall–Kier alpha value is -2.04. The average molecular weight is 262 g/mol. The smallest absolute Gasteiger partial charge is 0.328 e. The molecule has 0 unspecified atom stereocenters. The van der Waals surface area contributed by atoms with Crippen molar-refractivity contribution in [2.45, 2.75) is 20.8 Å². The largest absolute Gasteiger partial charge is 0.359 e. The molecule has 0 aliphatic heterocycles. The van der Waals surface area contributed by atoms with Crippen molar-refractivity contribution in [2.75, 3.05) is 25.5 Å². The SMILES string of the molecule is CCN(C(=O)NC(=NC)NC)c1c(C)cccc1C. The number of nitrogens with one attached hydrogen (secondary N) is 2. The molecule has 0 aliphatic rings. The van der Waals surface area contributed by atoms with Gasteiger partial charge >= 0.3 is 6.03 Å². The van der Waals surface area contributed by atoms with Gasteiger partial charge in [0.05, 0.1) is 5.69 Å². The predicted molar refractivity (Wildman–Crippen MR) is 79.9 cm³/mol. The summed E-state index contributed by atoms with van der Waals surface area (Å²) in [6.45, 7) is 6.56. The molecule has 0 aromatic heterocycles. The van der Waals surface area contributed by atoms with Gasteiger partial charge < -0.3 is 5.32 Å². The van der Waals surface area contributed by atoms with Crippen molar-refractivity contribution < 1.29 is 4.79 Å². The summed E-state index contributed by atoms with van der Waals surface area (Å²) in [4.78, 5) is 18.0. The number of amides is 2. The first-order chi connectivity index (χ1) is 9.04. The van der Waals surface area contributed by atoms with E-state index in [0.29, 0.717) is 12.5 Å². The molecule has 2 amide bonds. The molecule has 1 aromatic rings. The van der Waals surface area contributed by atoms with Gasteiger partial charge in [-0.1, -0.05) is 18.2 Å². The third kappa shape index (κ3) is 3.47. The zero-order chi connectivity index (χ0) is 14.4. The van der Waals surface area contributed by atoms with Gasteiger partial charge in [0.2, 0.25) is 0 Å². The van der Waals surface area contributed by atoms with E-state index in [0.717, 1.165) is 16.8 Å². The fourth-order valence-electron chi connectivity index (χ4n) is 2.03. The zero-order valence-corrected chi connectivity index (χ0v) is 12.2. The molecule has 0 atom stereocenters. The number of guanidine groups is 1. The van der Waals surface area contributed by atoms with Crippen LogP contribution in [-0.2, 0) is 0 Å². The molecular weight excluding hydrogens is 240 g/mol. The van der Waals surface area contributed by atoms with Crippen molar-refractivity contribution >= 4 is 17.7 Å². The second-order valence-electron chi connectivity index (χ2n) is 4.24. The molecule has 0 radical (unpaired) electrons. The van der Waals surface area contributed by atoms with Crippen LogP contribution in [0.3, 0.4) is 0 Å². The molecule has 0 heterocycles. The Balaban J connectivity index is 3.04. The molecule has 0 saturated heterocycles. The number of hydrogen-bond acceptors (Lipinski definition) is 2. The van der Waals surface area contributed by atoms with Crippen LogP contribution in [0.25, 0.3) is 0 Å². The number of carbonyl (C=O) groups is 1. The number of rotatable bonds is 2. The Bertz CT molecular complexity index is 462. The number of hydrogen-bond donors (Lipinski definition) is 2. The lowest BCUT2D eigenvalue weighted by Crippen LogP contribution is -2.47. The third-order valence-corrected chi connectivity index (χ3v) is 2.96. The van der Waals surface area contributed by atoms with Crippen molar-refractivity contribution in [2.24, 2.45) is 4.99 Å². The Morgan fingerprint density at radius 2 is 1.89 bits per heavy atom. The topological polar surface area (TPSA) is 56.7 Å². The third-order valence-electron chi connectivity index (χ3n) is 2.96. The maximum atomic E-state index is 12.3. The summed E-state index contributed by atoms with van der Waals surface area (Å²) < 4.78 is 0. The van der Waals surface area contributed by atoms with Gasteiger partial charge in [-0.05, 0) is 31.9 Å². The molecule has 5 heteroatoms. The van der Waals surface area contributed by atoms with E-state index in [9.17, 15) is 4.79 Å². The van der Waals surface area contributed by atoms with Crippen LogP contribution in [0.4, 0.5) is 10.5 Å². The number of nitrogens with zero attached hydrogens (tertiary/aromatic N) is 2. The number of aliphatic imine (C=N–C) groups is 1. The number of anilines is 1. The molecule has 0 fully saturated rings. The predicted octanol–water partition coefficient (Wildman–Crippen LogP) is 2.04. The molecule has 1 aromatic carbocycles. The maximum absolute atomic E-state index is 12.3. The first kappa shape index (κ1) is 15.0. The van der Waals surface area contributed by atoms with Crippen LogP contribution < -0.4 is 15.5 Å². The van der Waals surface area contributed by atoms with Gasteiger partial charge in [0.1, 0.15) is 0 Å². The molecule has 0 bridgehead atoms. The monoisotopic (exact) mass is 262 g/mol. The van der Waals surface area contributed by atoms with E-state index in [1.807, 2.05) is 39.0 Å². The fraction of sp³-hybridized carbons (Fsp3) is 0.429. The highest BCUT2D eigenvalue weighted by Gasteiger charge is 2.18. The highest BCUT2D eigenvalue weighted by molar-refractivity contribution is 6.04. The van der Waals surface area contributed by atoms with E-state index in [1.165, 1.54) is 0 Å². The van der Waals surface area contributed by atoms with Gasteiger partial charge in [0, 0.05) is 20.6 Å². The Kier molecular flexibility index (Phi) is 5.36. The summed E-state index contributed by atoms with van der Waals surface area (Å²) >= 11 is 0. The Labute approximate surface area is 114 Å². The molecule has 104 valence electrons. The summed E-state index contributed by atoms with van der Waals surface area (Å²) in [6, 6.07) is 5.82. The fourth-order valence-corrected chi connectivity index (χ4v) is 2.03. The van der Waals surface area contributed by atoms with Crippen molar-refractivity contribution in [1.82, 2.24) is 10.6 Å². The lowest BCUT2D eigenvalue weighted by molar-refractivity contribution is 0.250. The van der Waals surface area contributed by atoms with E-state index in [1.54, 1.807) is 19.0 Å². The maximum Gasteiger partial charge on any atom is 0.328 e. The highest BCUT2D eigenvalue weighted by Crippen LogP contribution is 2.24. The van der Waals surface area contributed by atoms with Crippen molar-refractivity contribution in [3.05, 3.63) is 29.3 Å². The standard InChI is InChI=1S/C14H22N4O/c1-6-18(14(19)17-13(15-4)16-5)12-10(2)8-7-9-11(12)3/h7-9H,6H2,1-5H3,(H2,15,16,17,19). The van der Waals surface area contributed by atoms with E-state index >= 15 is 0 Å². The Morgan fingerprint density at radius 3 is 2.32 bits per heavy atom. The molecule has 0 aliphatic carbocycles. The summed E-state index contributed by atoms with van der Waals surface area (Å²) in [5.74, 6) is 0.453. The second-order valence-corrected chi connectivity index (χ2v) is 4.24. The number of benzene rings is 1. The second kappa shape index (κ2) is 6.78. The Morgan fingerprint density at radius 1 is 1.32 bits per heavy atom. The van der Waals surface area contributed by atoms with E-state index in [-0.39, 0.29) is 6.03 Å². The molecule has 0 saturated carbocycles. The van der Waals surface area contributed by atoms with E-state index in [4.69, 9.17) is 0 Å². The van der Waals surface area contributed by atoms with Crippen LogP contribution in [0.2, 0.25) is 0 Å². The summed E-state index contributed by atoms with van der Waals surface area (Å²) in [6.07, 6.45) is 0. The molecule has 19 heavy (non-hydrogen) atoms. The van der Waals surface area contributed by atoms with Gasteiger partial charge in [0.15, 0.2) is 5.96 Å².